The molecule has 0 saturated heterocycles. The highest BCUT2D eigenvalue weighted by molar-refractivity contribution is 7.86. The molecule has 0 fully saturated rings. The summed E-state index contributed by atoms with van der Waals surface area (Å²) in [5, 5.41) is 19.8. The molecule has 0 spiro atoms. The van der Waals surface area contributed by atoms with Crippen molar-refractivity contribution < 1.29 is 37.2 Å². The largest absolute Gasteiger partial charge is 0.456 e. The van der Waals surface area contributed by atoms with Gasteiger partial charge in [0.15, 0.2) is 6.54 Å². The lowest BCUT2D eigenvalue weighted by Crippen LogP contribution is -2.36. The summed E-state index contributed by atoms with van der Waals surface area (Å²) in [6, 6.07) is 15.9. The van der Waals surface area contributed by atoms with Crippen molar-refractivity contribution in [2.45, 2.75) is 18.7 Å². The van der Waals surface area contributed by atoms with Crippen LogP contribution in [-0.2, 0) is 19.7 Å². The van der Waals surface area contributed by atoms with Crippen LogP contribution in [-0.4, -0.2) is 61.3 Å². The lowest BCUT2D eigenvalue weighted by molar-refractivity contribution is -0.121. The fourth-order valence-corrected chi connectivity index (χ4v) is 5.23. The van der Waals surface area contributed by atoms with Gasteiger partial charge in [0, 0.05) is 53.4 Å². The van der Waals surface area contributed by atoms with Gasteiger partial charge < -0.3 is 19.5 Å². The number of hydrogen-bond acceptors (Lipinski definition) is 7. The molecule has 1 aliphatic carbocycles. The van der Waals surface area contributed by atoms with Crippen molar-refractivity contribution in [3.63, 3.8) is 0 Å². The van der Waals surface area contributed by atoms with Crippen molar-refractivity contribution in [2.75, 3.05) is 31.2 Å². The summed E-state index contributed by atoms with van der Waals surface area (Å²) in [5.74, 6) is -0.285. The van der Waals surface area contributed by atoms with Crippen LogP contribution in [0.1, 0.15) is 13.8 Å². The van der Waals surface area contributed by atoms with E-state index in [4.69, 9.17) is 4.42 Å². The Morgan fingerprint density at radius 1 is 0.947 bits per heavy atom. The second-order valence-corrected chi connectivity index (χ2v) is 9.99. The third kappa shape index (κ3) is 5.22. The average Bonchev–Trinajstić information content (AvgIpc) is 2.87. The highest BCUT2D eigenvalue weighted by atomic mass is 32.2. The van der Waals surface area contributed by atoms with Gasteiger partial charge in [0.1, 0.15) is 22.8 Å². The Balaban J connectivity index is 2.16. The molecule has 1 aliphatic heterocycles. The molecular formula is C27H27N2O8S+. The van der Waals surface area contributed by atoms with Gasteiger partial charge >= 0.3 is 5.91 Å². The van der Waals surface area contributed by atoms with Crippen molar-refractivity contribution in [1.29, 1.82) is 0 Å². The van der Waals surface area contributed by atoms with Crippen LogP contribution in [0.25, 0.3) is 33.4 Å². The summed E-state index contributed by atoms with van der Waals surface area (Å²) in [7, 11) is -4.59. The summed E-state index contributed by atoms with van der Waals surface area (Å²) in [5.41, 5.74) is 1.96. The Kier molecular flexibility index (Phi) is 7.74. The molecule has 2 amide bonds. The first kappa shape index (κ1) is 27.1. The molecule has 11 heteroatoms. The van der Waals surface area contributed by atoms with Gasteiger partial charge in [-0.2, -0.15) is 13.0 Å². The molecule has 0 aromatic heterocycles. The number of aliphatic hydroxyl groups excluding tert-OH is 2. The Bertz CT molecular complexity index is 1690. The summed E-state index contributed by atoms with van der Waals surface area (Å²) >= 11 is 0. The SMILES string of the molecule is CC(=O)N(CCO)c1ccc2c(-c3ccccc3S(=O)(=O)O)c3ccc(=[N+](CCO)C(C)=O)cc-3oc2c1. The molecule has 3 N–H and O–H groups in total. The monoisotopic (exact) mass is 539 g/mol. The molecule has 198 valence electrons. The number of carbonyl (C=O) groups is 2. The molecule has 1 heterocycles. The zero-order valence-electron chi connectivity index (χ0n) is 20.8. The van der Waals surface area contributed by atoms with Gasteiger partial charge in [-0.3, -0.25) is 9.35 Å². The molecule has 10 nitrogen and oxygen atoms in total. The van der Waals surface area contributed by atoms with Crippen LogP contribution in [0, 0.1) is 0 Å². The molecule has 2 aromatic carbocycles. The molecular weight excluding hydrogens is 512 g/mol. The molecule has 0 saturated carbocycles. The van der Waals surface area contributed by atoms with Crippen molar-refractivity contribution in [3.05, 3.63) is 66.0 Å². The van der Waals surface area contributed by atoms with Gasteiger partial charge in [-0.15, -0.1) is 0 Å². The van der Waals surface area contributed by atoms with E-state index in [9.17, 15) is 32.8 Å². The number of fused-ring (bicyclic) bond motifs is 2. The summed E-state index contributed by atoms with van der Waals surface area (Å²) < 4.78 is 42.1. The third-order valence-electron chi connectivity index (χ3n) is 6.15. The fourth-order valence-electron chi connectivity index (χ4n) is 4.53. The van der Waals surface area contributed by atoms with E-state index in [0.29, 0.717) is 38.9 Å². The van der Waals surface area contributed by atoms with Gasteiger partial charge in [0.25, 0.3) is 10.1 Å². The molecule has 2 aliphatic rings. The van der Waals surface area contributed by atoms with Gasteiger partial charge in [-0.25, -0.2) is 4.79 Å². The molecule has 38 heavy (non-hydrogen) atoms. The predicted octanol–water partition coefficient (Wildman–Crippen LogP) is 2.11. The maximum atomic E-state index is 12.3. The lowest BCUT2D eigenvalue weighted by atomic mass is 9.93. The summed E-state index contributed by atoms with van der Waals surface area (Å²) in [4.78, 5) is 25.5. The van der Waals surface area contributed by atoms with Crippen LogP contribution in [0.15, 0.2) is 70.0 Å². The van der Waals surface area contributed by atoms with E-state index in [1.807, 2.05) is 0 Å². The number of rotatable bonds is 7. The van der Waals surface area contributed by atoms with Crippen LogP contribution in [0.4, 0.5) is 5.69 Å². The standard InChI is InChI=1S/C27H26N2O8S/c1-17(32)28(11-13-30)19-7-9-21-24(15-19)37-25-16-20(29(12-14-31)18(2)33)8-10-22(25)27(21)23-5-3-4-6-26(23)38(34,35)36/h3-10,15-16,30-31H,11-14H2,1-2H3/p+1. The maximum Gasteiger partial charge on any atom is 0.384 e. The molecule has 4 rings (SSSR count). The van der Waals surface area contributed by atoms with E-state index in [-0.39, 0.29) is 48.6 Å². The van der Waals surface area contributed by atoms with Gasteiger partial charge in [-0.05, 0) is 24.3 Å². The number of nitrogens with zero attached hydrogens (tertiary/aromatic N) is 2. The molecule has 0 bridgehead atoms. The number of aliphatic hydroxyl groups is 2. The first-order chi connectivity index (χ1) is 18.1. The molecule has 2 aromatic rings. The van der Waals surface area contributed by atoms with E-state index in [1.165, 1.54) is 35.5 Å². The summed E-state index contributed by atoms with van der Waals surface area (Å²) in [6.07, 6.45) is 0. The van der Waals surface area contributed by atoms with Crippen molar-refractivity contribution in [1.82, 2.24) is 4.58 Å². The minimum Gasteiger partial charge on any atom is -0.456 e. The highest BCUT2D eigenvalue weighted by Crippen LogP contribution is 2.42. The first-order valence-electron chi connectivity index (χ1n) is 11.7. The van der Waals surface area contributed by atoms with Gasteiger partial charge in [0.2, 0.25) is 11.3 Å². The highest BCUT2D eigenvalue weighted by Gasteiger charge is 2.25. The van der Waals surface area contributed by atoms with Crippen molar-refractivity contribution >= 4 is 38.6 Å². The summed E-state index contributed by atoms with van der Waals surface area (Å²) in [6.45, 7) is 2.35. The second kappa shape index (κ2) is 10.8. The topological polar surface area (TPSA) is 148 Å². The van der Waals surface area contributed by atoms with Gasteiger partial charge in [-0.1, -0.05) is 18.2 Å². The minimum atomic E-state index is -4.59. The minimum absolute atomic E-state index is 0.0613. The van der Waals surface area contributed by atoms with Gasteiger partial charge in [0.05, 0.1) is 19.6 Å². The third-order valence-corrected chi connectivity index (χ3v) is 7.07. The number of hydrogen-bond donors (Lipinski definition) is 3. The smallest absolute Gasteiger partial charge is 0.384 e. The van der Waals surface area contributed by atoms with Crippen LogP contribution in [0.5, 0.6) is 0 Å². The Morgan fingerprint density at radius 2 is 1.68 bits per heavy atom. The molecule has 0 radical (unpaired) electrons. The van der Waals surface area contributed by atoms with E-state index in [1.54, 1.807) is 48.5 Å². The van der Waals surface area contributed by atoms with Crippen LogP contribution < -0.4 is 14.8 Å². The van der Waals surface area contributed by atoms with Crippen LogP contribution in [0.3, 0.4) is 0 Å². The number of amides is 2. The predicted molar refractivity (Wildman–Crippen MR) is 141 cm³/mol. The fraction of sp³-hybridized carbons (Fsp3) is 0.222. The quantitative estimate of drug-likeness (QED) is 0.184. The number of benzene rings is 3. The zero-order valence-corrected chi connectivity index (χ0v) is 21.6. The van der Waals surface area contributed by atoms with Crippen LogP contribution >= 0.6 is 0 Å². The molecule has 0 atom stereocenters. The maximum absolute atomic E-state index is 12.3. The number of carbonyl (C=O) groups excluding carboxylic acids is 2. The van der Waals surface area contributed by atoms with E-state index >= 15 is 0 Å². The van der Waals surface area contributed by atoms with E-state index < -0.39 is 10.1 Å². The zero-order chi connectivity index (χ0) is 27.6. The first-order valence-corrected chi connectivity index (χ1v) is 13.2. The average molecular weight is 540 g/mol. The number of anilines is 1. The van der Waals surface area contributed by atoms with E-state index in [0.717, 1.165) is 0 Å². The molecule has 0 unspecified atom stereocenters. The van der Waals surface area contributed by atoms with Crippen molar-refractivity contribution in [2.24, 2.45) is 0 Å². The van der Waals surface area contributed by atoms with Crippen LogP contribution in [0.2, 0.25) is 0 Å². The van der Waals surface area contributed by atoms with E-state index in [2.05, 4.69) is 0 Å². The van der Waals surface area contributed by atoms with Crippen molar-refractivity contribution in [3.8, 4) is 22.5 Å². The Morgan fingerprint density at radius 3 is 2.32 bits per heavy atom. The Labute approximate surface area is 218 Å². The lowest BCUT2D eigenvalue weighted by Gasteiger charge is -2.22. The normalized spacial score (nSPS) is 12.6. The second-order valence-electron chi connectivity index (χ2n) is 8.60. The Hall–Kier alpha value is -3.90.